The predicted molar refractivity (Wildman–Crippen MR) is 76.5 cm³/mol. The number of carbonyl (C=O) groups is 2. The lowest BCUT2D eigenvalue weighted by Crippen LogP contribution is -2.30. The Morgan fingerprint density at radius 1 is 1.00 bits per heavy atom. The van der Waals surface area contributed by atoms with Crippen molar-refractivity contribution in [3.8, 4) is 0 Å². The van der Waals surface area contributed by atoms with Crippen LogP contribution in [0.5, 0.6) is 0 Å². The predicted octanol–water partition coefficient (Wildman–Crippen LogP) is 2.83. The number of carboxylic acid groups (broad SMARTS) is 2. The maximum atomic E-state index is 11.0. The Bertz CT molecular complexity index is 301. The van der Waals surface area contributed by atoms with Crippen LogP contribution in [0.4, 0.5) is 0 Å². The fourth-order valence-corrected chi connectivity index (χ4v) is 2.16. The Kier molecular flexibility index (Phi) is 10.7. The molecule has 0 aromatic rings. The van der Waals surface area contributed by atoms with Crippen LogP contribution in [0, 0.1) is 5.92 Å². The Labute approximate surface area is 120 Å². The third-order valence-electron chi connectivity index (χ3n) is 3.34. The van der Waals surface area contributed by atoms with Crippen LogP contribution in [-0.4, -0.2) is 33.4 Å². The highest BCUT2D eigenvalue weighted by Gasteiger charge is 2.27. The number of rotatable bonds is 13. The summed E-state index contributed by atoms with van der Waals surface area (Å²) in [5, 5.41) is 27.1. The fraction of sp³-hybridized carbons (Fsp3) is 0.733. The van der Waals surface area contributed by atoms with Crippen LogP contribution in [-0.2, 0) is 9.59 Å². The van der Waals surface area contributed by atoms with Gasteiger partial charge in [-0.1, -0.05) is 38.2 Å². The Morgan fingerprint density at radius 3 is 2.05 bits per heavy atom. The number of hydrogen-bond acceptors (Lipinski definition) is 3. The van der Waals surface area contributed by atoms with Crippen molar-refractivity contribution in [2.75, 3.05) is 0 Å². The first kappa shape index (κ1) is 18.6. The minimum Gasteiger partial charge on any atom is -0.481 e. The van der Waals surface area contributed by atoms with Crippen molar-refractivity contribution in [2.24, 2.45) is 5.92 Å². The van der Waals surface area contributed by atoms with E-state index in [1.165, 1.54) is 0 Å². The van der Waals surface area contributed by atoms with Crippen LogP contribution in [0.1, 0.15) is 57.8 Å². The number of hydrogen-bond donors (Lipinski definition) is 3. The third kappa shape index (κ3) is 9.55. The second-order valence-corrected chi connectivity index (χ2v) is 5.10. The number of allylic oxidation sites excluding steroid dienone is 1. The molecule has 0 amide bonds. The molecule has 0 rings (SSSR count). The van der Waals surface area contributed by atoms with Gasteiger partial charge in [0.2, 0.25) is 0 Å². The Hall–Kier alpha value is -1.36. The van der Waals surface area contributed by atoms with Gasteiger partial charge in [-0.25, -0.2) is 0 Å². The zero-order valence-corrected chi connectivity index (χ0v) is 12.0. The van der Waals surface area contributed by atoms with Gasteiger partial charge in [0.15, 0.2) is 0 Å². The maximum Gasteiger partial charge on any atom is 0.309 e. The highest BCUT2D eigenvalue weighted by atomic mass is 16.4. The normalized spacial score (nSPS) is 13.7. The van der Waals surface area contributed by atoms with E-state index in [1.807, 2.05) is 6.08 Å². The average molecular weight is 286 g/mol. The molecule has 20 heavy (non-hydrogen) atoms. The maximum absolute atomic E-state index is 11.0. The second kappa shape index (κ2) is 11.5. The van der Waals surface area contributed by atoms with Crippen LogP contribution in [0.2, 0.25) is 0 Å². The zero-order valence-electron chi connectivity index (χ0n) is 12.0. The van der Waals surface area contributed by atoms with E-state index in [4.69, 9.17) is 10.2 Å². The lowest BCUT2D eigenvalue weighted by atomic mass is 9.93. The van der Waals surface area contributed by atoms with Gasteiger partial charge in [-0.3, -0.25) is 9.59 Å². The van der Waals surface area contributed by atoms with Crippen LogP contribution in [0.25, 0.3) is 0 Å². The third-order valence-corrected chi connectivity index (χ3v) is 3.34. The molecule has 0 aliphatic rings. The molecular weight excluding hydrogens is 260 g/mol. The average Bonchev–Trinajstić information content (AvgIpc) is 2.35. The number of unbranched alkanes of at least 4 members (excludes halogenated alkanes) is 6. The van der Waals surface area contributed by atoms with E-state index in [0.717, 1.165) is 38.5 Å². The molecule has 0 aliphatic carbocycles. The van der Waals surface area contributed by atoms with Gasteiger partial charge in [0.05, 0.1) is 18.4 Å². The molecule has 0 radical (unpaired) electrons. The van der Waals surface area contributed by atoms with Crippen molar-refractivity contribution in [1.29, 1.82) is 0 Å². The van der Waals surface area contributed by atoms with E-state index in [9.17, 15) is 14.7 Å². The van der Waals surface area contributed by atoms with E-state index in [0.29, 0.717) is 12.8 Å². The molecule has 0 bridgehead atoms. The lowest BCUT2D eigenvalue weighted by Gasteiger charge is -2.17. The molecule has 0 fully saturated rings. The SMILES string of the molecule is C=CCCCCCCCC[C@H](C(=O)O)[C@@H](O)CC(=O)O. The standard InChI is InChI=1S/C15H26O5/c1-2-3-4-5-6-7-8-9-10-12(15(19)20)13(16)11-14(17)18/h2,12-13,16H,1,3-11H2,(H,17,18)(H,19,20)/t12-,13-/m0/s1. The van der Waals surface area contributed by atoms with Crippen molar-refractivity contribution >= 4 is 11.9 Å². The molecule has 0 saturated carbocycles. The summed E-state index contributed by atoms with van der Waals surface area (Å²) in [5.41, 5.74) is 0. The molecule has 5 heteroatoms. The second-order valence-electron chi connectivity index (χ2n) is 5.10. The topological polar surface area (TPSA) is 94.8 Å². The summed E-state index contributed by atoms with van der Waals surface area (Å²) < 4.78 is 0. The first-order valence-corrected chi connectivity index (χ1v) is 7.22. The summed E-state index contributed by atoms with van der Waals surface area (Å²) in [7, 11) is 0. The first-order chi connectivity index (χ1) is 9.49. The summed E-state index contributed by atoms with van der Waals surface area (Å²) in [4.78, 5) is 21.5. The van der Waals surface area contributed by atoms with Crippen molar-refractivity contribution < 1.29 is 24.9 Å². The molecule has 3 N–H and O–H groups in total. The largest absolute Gasteiger partial charge is 0.481 e. The van der Waals surface area contributed by atoms with Crippen molar-refractivity contribution in [3.63, 3.8) is 0 Å². The quantitative estimate of drug-likeness (QED) is 0.357. The van der Waals surface area contributed by atoms with Crippen LogP contribution in [0.3, 0.4) is 0 Å². The smallest absolute Gasteiger partial charge is 0.309 e. The minimum absolute atomic E-state index is 0.330. The first-order valence-electron chi connectivity index (χ1n) is 7.22. The van der Waals surface area contributed by atoms with Crippen molar-refractivity contribution in [2.45, 2.75) is 63.9 Å². The van der Waals surface area contributed by atoms with Crippen LogP contribution in [0.15, 0.2) is 12.7 Å². The van der Waals surface area contributed by atoms with Crippen molar-refractivity contribution in [3.05, 3.63) is 12.7 Å². The molecule has 116 valence electrons. The molecule has 0 unspecified atom stereocenters. The van der Waals surface area contributed by atoms with E-state index < -0.39 is 30.4 Å². The van der Waals surface area contributed by atoms with Gasteiger partial charge in [0.1, 0.15) is 0 Å². The highest BCUT2D eigenvalue weighted by molar-refractivity contribution is 5.73. The molecule has 0 aromatic heterocycles. The van der Waals surface area contributed by atoms with E-state index in [2.05, 4.69) is 6.58 Å². The molecule has 0 saturated heterocycles. The molecule has 0 spiro atoms. The fourth-order valence-electron chi connectivity index (χ4n) is 2.16. The summed E-state index contributed by atoms with van der Waals surface area (Å²) in [6, 6.07) is 0. The molecule has 2 atom stereocenters. The summed E-state index contributed by atoms with van der Waals surface area (Å²) >= 11 is 0. The molecule has 0 aromatic carbocycles. The molecule has 0 aliphatic heterocycles. The van der Waals surface area contributed by atoms with Gasteiger partial charge in [0.25, 0.3) is 0 Å². The van der Waals surface area contributed by atoms with Crippen molar-refractivity contribution in [1.82, 2.24) is 0 Å². The van der Waals surface area contributed by atoms with Gasteiger partial charge < -0.3 is 15.3 Å². The van der Waals surface area contributed by atoms with Gasteiger partial charge in [-0.2, -0.15) is 0 Å². The van der Waals surface area contributed by atoms with E-state index in [-0.39, 0.29) is 0 Å². The van der Waals surface area contributed by atoms with Crippen LogP contribution >= 0.6 is 0 Å². The number of carboxylic acids is 2. The Balaban J connectivity index is 3.79. The van der Waals surface area contributed by atoms with Gasteiger partial charge >= 0.3 is 11.9 Å². The molecule has 0 heterocycles. The summed E-state index contributed by atoms with van der Waals surface area (Å²) in [6.07, 6.45) is 7.50. The summed E-state index contributed by atoms with van der Waals surface area (Å²) in [6.45, 7) is 3.66. The lowest BCUT2D eigenvalue weighted by molar-refractivity contribution is -0.148. The van der Waals surface area contributed by atoms with Gasteiger partial charge in [0, 0.05) is 0 Å². The molecular formula is C15H26O5. The Morgan fingerprint density at radius 2 is 1.55 bits per heavy atom. The summed E-state index contributed by atoms with van der Waals surface area (Å²) in [5.74, 6) is -3.28. The van der Waals surface area contributed by atoms with Gasteiger partial charge in [-0.05, 0) is 19.3 Å². The monoisotopic (exact) mass is 286 g/mol. The molecule has 5 nitrogen and oxygen atoms in total. The zero-order chi connectivity index (χ0) is 15.4. The van der Waals surface area contributed by atoms with Crippen LogP contribution < -0.4 is 0 Å². The number of aliphatic carboxylic acids is 2. The van der Waals surface area contributed by atoms with E-state index in [1.54, 1.807) is 0 Å². The highest BCUT2D eigenvalue weighted by Crippen LogP contribution is 2.18. The number of aliphatic hydroxyl groups is 1. The number of aliphatic hydroxyl groups excluding tert-OH is 1. The van der Waals surface area contributed by atoms with Gasteiger partial charge in [-0.15, -0.1) is 6.58 Å². The minimum atomic E-state index is -1.31. The van der Waals surface area contributed by atoms with E-state index >= 15 is 0 Å².